The van der Waals surface area contributed by atoms with Crippen molar-refractivity contribution >= 4 is 22.8 Å². The monoisotopic (exact) mass is 218 g/mol. The van der Waals surface area contributed by atoms with E-state index in [1.165, 1.54) is 0 Å². The molecule has 80 valence electrons. The summed E-state index contributed by atoms with van der Waals surface area (Å²) in [5.74, 6) is 0.180. The van der Waals surface area contributed by atoms with Crippen molar-refractivity contribution in [3.05, 3.63) is 0 Å². The highest BCUT2D eigenvalue weighted by Crippen LogP contribution is 2.36. The molecular weight excluding hydrogens is 204 g/mol. The summed E-state index contributed by atoms with van der Waals surface area (Å²) in [6.07, 6.45) is 0.928. The molecule has 0 N–H and O–H groups in total. The Morgan fingerprint density at radius 3 is 2.57 bits per heavy atom. The van der Waals surface area contributed by atoms with Crippen LogP contribution in [0.5, 0.6) is 0 Å². The van der Waals surface area contributed by atoms with E-state index in [1.54, 1.807) is 0 Å². The SMILES string of the molecule is CC1CC(OC(=O)Cl)CC(C)(C)C1=O. The molecule has 4 heteroatoms. The van der Waals surface area contributed by atoms with Gasteiger partial charge in [-0.15, -0.1) is 0 Å². The van der Waals surface area contributed by atoms with E-state index in [2.05, 4.69) is 0 Å². The second-order valence-electron chi connectivity index (χ2n) is 4.57. The van der Waals surface area contributed by atoms with E-state index in [0.29, 0.717) is 12.8 Å². The second-order valence-corrected chi connectivity index (χ2v) is 4.88. The number of hydrogen-bond acceptors (Lipinski definition) is 3. The minimum Gasteiger partial charge on any atom is -0.450 e. The van der Waals surface area contributed by atoms with Crippen molar-refractivity contribution in [2.45, 2.75) is 39.7 Å². The number of rotatable bonds is 1. The van der Waals surface area contributed by atoms with E-state index in [4.69, 9.17) is 16.3 Å². The molecule has 2 unspecified atom stereocenters. The third kappa shape index (κ3) is 2.47. The van der Waals surface area contributed by atoms with Gasteiger partial charge in [-0.1, -0.05) is 20.8 Å². The number of carbonyl (C=O) groups excluding carboxylic acids is 2. The highest BCUT2D eigenvalue weighted by atomic mass is 35.5. The van der Waals surface area contributed by atoms with Gasteiger partial charge in [-0.25, -0.2) is 4.79 Å². The van der Waals surface area contributed by atoms with Crippen LogP contribution in [0, 0.1) is 11.3 Å². The molecule has 0 heterocycles. The molecule has 0 amide bonds. The highest BCUT2D eigenvalue weighted by molar-refractivity contribution is 6.61. The summed E-state index contributed by atoms with van der Waals surface area (Å²) in [5.41, 5.74) is -1.19. The molecule has 2 atom stereocenters. The van der Waals surface area contributed by atoms with Crippen LogP contribution < -0.4 is 0 Å². The third-order valence-electron chi connectivity index (χ3n) is 2.73. The van der Waals surface area contributed by atoms with E-state index in [9.17, 15) is 9.59 Å². The van der Waals surface area contributed by atoms with Crippen LogP contribution in [0.3, 0.4) is 0 Å². The van der Waals surface area contributed by atoms with Crippen molar-refractivity contribution in [1.29, 1.82) is 0 Å². The molecule has 0 spiro atoms. The Kier molecular flexibility index (Phi) is 3.20. The van der Waals surface area contributed by atoms with Gasteiger partial charge in [0.15, 0.2) is 0 Å². The van der Waals surface area contributed by atoms with Crippen LogP contribution in [0.1, 0.15) is 33.6 Å². The lowest BCUT2D eigenvalue weighted by Crippen LogP contribution is -2.41. The highest BCUT2D eigenvalue weighted by Gasteiger charge is 2.41. The number of Topliss-reactive ketones (excluding diaryl/α,β-unsaturated/α-hetero) is 1. The molecule has 1 saturated carbocycles. The average Bonchev–Trinajstić information content (AvgIpc) is 1.98. The molecule has 0 bridgehead atoms. The van der Waals surface area contributed by atoms with Gasteiger partial charge in [-0.2, -0.15) is 0 Å². The zero-order chi connectivity index (χ0) is 10.9. The molecule has 1 fully saturated rings. The number of halogens is 1. The summed E-state index contributed by atoms with van der Waals surface area (Å²) in [6, 6.07) is 0. The normalized spacial score (nSPS) is 31.3. The first-order chi connectivity index (χ1) is 6.33. The zero-order valence-corrected chi connectivity index (χ0v) is 9.43. The molecule has 0 radical (unpaired) electrons. The van der Waals surface area contributed by atoms with Gasteiger partial charge in [0.2, 0.25) is 0 Å². The summed E-state index contributed by atoms with van der Waals surface area (Å²) < 4.78 is 4.92. The second kappa shape index (κ2) is 3.89. The van der Waals surface area contributed by atoms with E-state index in [-0.39, 0.29) is 17.8 Å². The molecule has 0 aliphatic heterocycles. The van der Waals surface area contributed by atoms with Crippen molar-refractivity contribution < 1.29 is 14.3 Å². The lowest BCUT2D eigenvalue weighted by atomic mass is 9.70. The molecule has 0 saturated heterocycles. The lowest BCUT2D eigenvalue weighted by molar-refractivity contribution is -0.137. The van der Waals surface area contributed by atoms with Crippen molar-refractivity contribution in [3.63, 3.8) is 0 Å². The maximum absolute atomic E-state index is 11.7. The van der Waals surface area contributed by atoms with Crippen LogP contribution in [0.25, 0.3) is 0 Å². The smallest absolute Gasteiger partial charge is 0.404 e. The van der Waals surface area contributed by atoms with Gasteiger partial charge in [0.05, 0.1) is 0 Å². The number of carbonyl (C=O) groups is 2. The molecule has 1 aliphatic rings. The minimum absolute atomic E-state index is 0.0558. The zero-order valence-electron chi connectivity index (χ0n) is 8.67. The fourth-order valence-electron chi connectivity index (χ4n) is 2.14. The lowest BCUT2D eigenvalue weighted by Gasteiger charge is -2.36. The van der Waals surface area contributed by atoms with Crippen LogP contribution in [0.4, 0.5) is 4.79 Å². The topological polar surface area (TPSA) is 43.4 Å². The van der Waals surface area contributed by atoms with Crippen molar-refractivity contribution in [3.8, 4) is 0 Å². The predicted octanol–water partition coefficient (Wildman–Crippen LogP) is 2.76. The number of ether oxygens (including phenoxy) is 1. The van der Waals surface area contributed by atoms with Gasteiger partial charge < -0.3 is 4.74 Å². The molecule has 14 heavy (non-hydrogen) atoms. The van der Waals surface area contributed by atoms with Crippen LogP contribution in [0.2, 0.25) is 0 Å². The molecule has 0 aromatic rings. The number of hydrogen-bond donors (Lipinski definition) is 0. The Hall–Kier alpha value is -0.570. The standard InChI is InChI=1S/C10H15ClO3/c1-6-4-7(14-9(11)13)5-10(2,3)8(6)12/h6-7H,4-5H2,1-3H3. The van der Waals surface area contributed by atoms with Crippen LogP contribution >= 0.6 is 11.6 Å². The largest absolute Gasteiger partial charge is 0.450 e. The summed E-state index contributed by atoms with van der Waals surface area (Å²) in [6.45, 7) is 5.61. The van der Waals surface area contributed by atoms with Gasteiger partial charge in [0.25, 0.3) is 0 Å². The van der Waals surface area contributed by atoms with Crippen molar-refractivity contribution in [2.75, 3.05) is 0 Å². The van der Waals surface area contributed by atoms with Crippen molar-refractivity contribution in [2.24, 2.45) is 11.3 Å². The van der Waals surface area contributed by atoms with Crippen LogP contribution in [-0.4, -0.2) is 17.3 Å². The van der Waals surface area contributed by atoms with E-state index < -0.39 is 10.8 Å². The number of ketones is 1. The van der Waals surface area contributed by atoms with E-state index >= 15 is 0 Å². The molecular formula is C10H15ClO3. The Bertz CT molecular complexity index is 260. The Labute approximate surface area is 88.8 Å². The fraction of sp³-hybridized carbons (Fsp3) is 0.800. The van der Waals surface area contributed by atoms with Gasteiger partial charge in [-0.05, 0) is 12.8 Å². The van der Waals surface area contributed by atoms with Gasteiger partial charge in [-0.3, -0.25) is 4.79 Å². The average molecular weight is 219 g/mol. The molecule has 3 nitrogen and oxygen atoms in total. The van der Waals surface area contributed by atoms with Gasteiger partial charge >= 0.3 is 5.43 Å². The Balaban J connectivity index is 2.69. The van der Waals surface area contributed by atoms with Crippen molar-refractivity contribution in [1.82, 2.24) is 0 Å². The Morgan fingerprint density at radius 2 is 2.14 bits per heavy atom. The first-order valence-electron chi connectivity index (χ1n) is 4.73. The summed E-state index contributed by atoms with van der Waals surface area (Å²) in [5, 5.41) is 0. The third-order valence-corrected chi connectivity index (χ3v) is 2.82. The van der Waals surface area contributed by atoms with Crippen LogP contribution in [-0.2, 0) is 9.53 Å². The summed E-state index contributed by atoms with van der Waals surface area (Å²) >= 11 is 5.14. The Morgan fingerprint density at radius 1 is 1.57 bits per heavy atom. The van der Waals surface area contributed by atoms with Crippen LogP contribution in [0.15, 0.2) is 0 Å². The van der Waals surface area contributed by atoms with E-state index in [0.717, 1.165) is 0 Å². The van der Waals surface area contributed by atoms with Gasteiger partial charge in [0, 0.05) is 22.9 Å². The van der Waals surface area contributed by atoms with E-state index in [1.807, 2.05) is 20.8 Å². The maximum atomic E-state index is 11.7. The quantitative estimate of drug-likeness (QED) is 0.636. The molecule has 1 rings (SSSR count). The van der Waals surface area contributed by atoms with Gasteiger partial charge in [0.1, 0.15) is 11.9 Å². The molecule has 0 aromatic carbocycles. The molecule has 0 aromatic heterocycles. The first kappa shape index (κ1) is 11.5. The predicted molar refractivity (Wildman–Crippen MR) is 53.3 cm³/mol. The fourth-order valence-corrected chi connectivity index (χ4v) is 2.27. The maximum Gasteiger partial charge on any atom is 0.404 e. The molecule has 1 aliphatic carbocycles. The minimum atomic E-state index is -0.785. The first-order valence-corrected chi connectivity index (χ1v) is 5.11. The summed E-state index contributed by atoms with van der Waals surface area (Å²) in [7, 11) is 0. The summed E-state index contributed by atoms with van der Waals surface area (Å²) in [4.78, 5) is 22.3.